The van der Waals surface area contributed by atoms with Crippen LogP contribution in [-0.2, 0) is 21.0 Å². The molecule has 0 aliphatic carbocycles. The lowest BCUT2D eigenvalue weighted by atomic mass is 10.1. The predicted octanol–water partition coefficient (Wildman–Crippen LogP) is 7.31. The van der Waals surface area contributed by atoms with Gasteiger partial charge in [0.15, 0.2) is 5.82 Å². The first-order chi connectivity index (χ1) is 24.6. The molecule has 4 N–H and O–H groups in total. The molecule has 4 rings (SSSR count). The van der Waals surface area contributed by atoms with Crippen molar-refractivity contribution in [3.05, 3.63) is 102 Å². The van der Waals surface area contributed by atoms with Gasteiger partial charge in [0.25, 0.3) is 5.91 Å². The number of carbonyl (C=O) groups is 3. The van der Waals surface area contributed by atoms with E-state index >= 15 is 4.39 Å². The molecular weight excluding hydrogens is 674 g/mol. The fourth-order valence-corrected chi connectivity index (χ4v) is 5.19. The Morgan fingerprint density at radius 2 is 1.67 bits per heavy atom. The summed E-state index contributed by atoms with van der Waals surface area (Å²) in [5, 5.41) is 8.93. The SMILES string of the molecule is CSN(C)c1ccccc1Nc1nc(Nc2ccc(C(=O)NCCCCCCC(=O)NOCc3ccccc3)c(F)c2)ncc1C(=O)OC(C)C. The summed E-state index contributed by atoms with van der Waals surface area (Å²) < 4.78 is 22.5. The van der Waals surface area contributed by atoms with E-state index in [2.05, 4.69) is 31.4 Å². The third kappa shape index (κ3) is 12.3. The number of rotatable bonds is 19. The summed E-state index contributed by atoms with van der Waals surface area (Å²) in [7, 11) is 1.92. The minimum absolute atomic E-state index is 0.0997. The number of halogens is 1. The molecule has 51 heavy (non-hydrogen) atoms. The average molecular weight is 718 g/mol. The summed E-state index contributed by atoms with van der Waals surface area (Å²) >= 11 is 1.52. The highest BCUT2D eigenvalue weighted by molar-refractivity contribution is 7.99. The molecule has 4 aromatic rings. The summed E-state index contributed by atoms with van der Waals surface area (Å²) in [6.45, 7) is 4.17. The monoisotopic (exact) mass is 717 g/mol. The lowest BCUT2D eigenvalue weighted by molar-refractivity contribution is -0.134. The third-order valence-corrected chi connectivity index (χ3v) is 8.22. The second-order valence-corrected chi connectivity index (χ2v) is 12.7. The molecule has 12 nitrogen and oxygen atoms in total. The van der Waals surface area contributed by atoms with Crippen molar-refractivity contribution in [2.24, 2.45) is 0 Å². The Morgan fingerprint density at radius 1 is 0.922 bits per heavy atom. The summed E-state index contributed by atoms with van der Waals surface area (Å²) in [4.78, 5) is 51.6. The number of nitrogens with one attached hydrogen (secondary N) is 4. The molecule has 0 saturated heterocycles. The van der Waals surface area contributed by atoms with Crippen LogP contribution in [0.1, 0.15) is 72.2 Å². The minimum Gasteiger partial charge on any atom is -0.459 e. The average Bonchev–Trinajstić information content (AvgIpc) is 3.11. The molecular formula is C37H44FN7O5S. The number of hydrogen-bond donors (Lipinski definition) is 4. The predicted molar refractivity (Wildman–Crippen MR) is 199 cm³/mol. The molecule has 0 aliphatic heterocycles. The maximum atomic E-state index is 15.1. The Kier molecular flexibility index (Phi) is 15.0. The molecule has 1 heterocycles. The number of aromatic nitrogens is 2. The maximum absolute atomic E-state index is 15.1. The van der Waals surface area contributed by atoms with E-state index in [1.165, 1.54) is 30.3 Å². The standard InChI is InChI=1S/C37H44FN7O5S/c1-25(2)50-36(48)29-23-40-37(43-34(29)42-31-16-11-12-17-32(31)45(3)51-4)41-27-19-20-28(30(38)22-27)35(47)39-21-13-6-5-10-18-33(46)44-49-24-26-14-8-7-9-15-26/h7-9,11-12,14-17,19-20,22-23,25H,5-6,10,13,18,21,24H2,1-4H3,(H,39,47)(H,44,46)(H2,40,41,42,43). The Bertz CT molecular complexity index is 1760. The van der Waals surface area contributed by atoms with Crippen LogP contribution in [0.25, 0.3) is 0 Å². The van der Waals surface area contributed by atoms with E-state index in [-0.39, 0.29) is 34.9 Å². The molecule has 0 unspecified atom stereocenters. The Morgan fingerprint density at radius 3 is 2.41 bits per heavy atom. The zero-order valence-electron chi connectivity index (χ0n) is 29.2. The first-order valence-electron chi connectivity index (χ1n) is 16.7. The summed E-state index contributed by atoms with van der Waals surface area (Å²) in [6.07, 6.45) is 6.25. The molecule has 0 radical (unpaired) electrons. The van der Waals surface area contributed by atoms with E-state index in [0.29, 0.717) is 43.8 Å². The van der Waals surface area contributed by atoms with Crippen molar-refractivity contribution < 1.29 is 28.3 Å². The first kappa shape index (κ1) is 38.6. The van der Waals surface area contributed by atoms with E-state index in [1.54, 1.807) is 19.9 Å². The molecule has 14 heteroatoms. The zero-order valence-corrected chi connectivity index (χ0v) is 30.0. The summed E-state index contributed by atoms with van der Waals surface area (Å²) in [5.41, 5.74) is 5.32. The number of amides is 2. The highest BCUT2D eigenvalue weighted by Gasteiger charge is 2.20. The van der Waals surface area contributed by atoms with Crippen molar-refractivity contribution in [3.8, 4) is 0 Å². The number of anilines is 5. The van der Waals surface area contributed by atoms with Crippen LogP contribution in [0.5, 0.6) is 0 Å². The number of unbranched alkanes of at least 4 members (excludes halogenated alkanes) is 3. The van der Waals surface area contributed by atoms with Crippen molar-refractivity contribution >= 4 is 58.6 Å². The van der Waals surface area contributed by atoms with Crippen molar-refractivity contribution in [2.45, 2.75) is 58.7 Å². The summed E-state index contributed by atoms with van der Waals surface area (Å²) in [5.74, 6) is -1.72. The topological polar surface area (TPSA) is 147 Å². The number of nitrogens with zero attached hydrogens (tertiary/aromatic N) is 3. The van der Waals surface area contributed by atoms with Crippen LogP contribution in [-0.4, -0.2) is 53.7 Å². The van der Waals surface area contributed by atoms with Gasteiger partial charge in [0.05, 0.1) is 29.6 Å². The van der Waals surface area contributed by atoms with Crippen molar-refractivity contribution in [2.75, 3.05) is 34.8 Å². The van der Waals surface area contributed by atoms with Gasteiger partial charge in [-0.05, 0) is 62.6 Å². The normalized spacial score (nSPS) is 10.8. The highest BCUT2D eigenvalue weighted by atomic mass is 32.2. The van der Waals surface area contributed by atoms with Gasteiger partial charge < -0.3 is 25.0 Å². The van der Waals surface area contributed by atoms with E-state index < -0.39 is 17.7 Å². The Labute approximate surface area is 302 Å². The lowest BCUT2D eigenvalue weighted by Crippen LogP contribution is -2.25. The van der Waals surface area contributed by atoms with Crippen molar-refractivity contribution in [1.82, 2.24) is 20.8 Å². The van der Waals surface area contributed by atoms with Gasteiger partial charge >= 0.3 is 5.97 Å². The van der Waals surface area contributed by atoms with Gasteiger partial charge in [-0.15, -0.1) is 0 Å². The quantitative estimate of drug-likeness (QED) is 0.0335. The van der Waals surface area contributed by atoms with Gasteiger partial charge in [0.2, 0.25) is 11.9 Å². The van der Waals surface area contributed by atoms with E-state index in [9.17, 15) is 14.4 Å². The van der Waals surface area contributed by atoms with Crippen molar-refractivity contribution in [3.63, 3.8) is 0 Å². The van der Waals surface area contributed by atoms with Crippen LogP contribution < -0.4 is 25.7 Å². The number of hydroxylamine groups is 1. The number of carbonyl (C=O) groups excluding carboxylic acids is 3. The second kappa shape index (κ2) is 19.8. The molecule has 0 saturated carbocycles. The first-order valence-corrected chi connectivity index (χ1v) is 17.8. The molecule has 2 amide bonds. The molecule has 3 aromatic carbocycles. The fourth-order valence-electron chi connectivity index (χ4n) is 4.84. The number of benzene rings is 3. The zero-order chi connectivity index (χ0) is 36.6. The van der Waals surface area contributed by atoms with E-state index in [4.69, 9.17) is 9.57 Å². The van der Waals surface area contributed by atoms with Crippen LogP contribution in [0.15, 0.2) is 79.0 Å². The molecule has 0 fully saturated rings. The molecule has 0 atom stereocenters. The van der Waals surface area contributed by atoms with Gasteiger partial charge in [0.1, 0.15) is 11.4 Å². The van der Waals surface area contributed by atoms with Crippen LogP contribution >= 0.6 is 11.9 Å². The smallest absolute Gasteiger partial charge is 0.343 e. The number of esters is 1. The Hall–Kier alpha value is -5.21. The minimum atomic E-state index is -0.720. The van der Waals surface area contributed by atoms with Gasteiger partial charge in [-0.25, -0.2) is 19.6 Å². The van der Waals surface area contributed by atoms with Crippen molar-refractivity contribution in [1.29, 1.82) is 0 Å². The maximum Gasteiger partial charge on any atom is 0.343 e. The highest BCUT2D eigenvalue weighted by Crippen LogP contribution is 2.32. The van der Waals surface area contributed by atoms with Crippen LogP contribution in [0, 0.1) is 5.82 Å². The van der Waals surface area contributed by atoms with Crippen LogP contribution in [0.2, 0.25) is 0 Å². The van der Waals surface area contributed by atoms with E-state index in [1.807, 2.05) is 72.2 Å². The van der Waals surface area contributed by atoms with Crippen LogP contribution in [0.4, 0.5) is 33.2 Å². The van der Waals surface area contributed by atoms with Gasteiger partial charge in [0, 0.05) is 38.2 Å². The number of hydrogen-bond acceptors (Lipinski definition) is 11. The fraction of sp³-hybridized carbons (Fsp3) is 0.324. The number of ether oxygens (including phenoxy) is 1. The molecule has 0 bridgehead atoms. The van der Waals surface area contributed by atoms with Gasteiger partial charge in [-0.3, -0.25) is 14.4 Å². The van der Waals surface area contributed by atoms with Gasteiger partial charge in [-0.2, -0.15) is 4.98 Å². The Balaban J connectivity index is 1.27. The summed E-state index contributed by atoms with van der Waals surface area (Å²) in [6, 6.07) is 21.2. The van der Waals surface area contributed by atoms with E-state index in [0.717, 1.165) is 24.1 Å². The lowest BCUT2D eigenvalue weighted by Gasteiger charge is -2.21. The van der Waals surface area contributed by atoms with Crippen LogP contribution in [0.3, 0.4) is 0 Å². The molecule has 0 aliphatic rings. The molecule has 0 spiro atoms. The number of para-hydroxylation sites is 2. The molecule has 1 aromatic heterocycles. The third-order valence-electron chi connectivity index (χ3n) is 7.48. The second-order valence-electron chi connectivity index (χ2n) is 11.8. The largest absolute Gasteiger partial charge is 0.459 e. The van der Waals surface area contributed by atoms with Gasteiger partial charge in [-0.1, -0.05) is 67.3 Å². The molecule has 270 valence electrons.